The fourth-order valence-corrected chi connectivity index (χ4v) is 7.40. The fraction of sp³-hybridized carbons (Fsp3) is 0.458. The van der Waals surface area contributed by atoms with E-state index in [-0.39, 0.29) is 65.3 Å². The van der Waals surface area contributed by atoms with Gasteiger partial charge in [-0.25, -0.2) is 9.78 Å². The van der Waals surface area contributed by atoms with Crippen LogP contribution >= 0.6 is 23.5 Å². The number of aliphatic hydroxyl groups excluding tert-OH is 1. The number of carbonyl (C=O) groups is 4. The Morgan fingerprint density at radius 1 is 1.27 bits per heavy atom. The van der Waals surface area contributed by atoms with Gasteiger partial charge in [-0.1, -0.05) is 11.8 Å². The standard InChI is InChI=1S/C24H25N7O6S2.Na.H/c1-10-6-16(31-24(26-10)27-14(7-32)29-31)38-9-15(33)28-18-21(35)30-19(23(36)37)13(8-39-22(18)30)17(11-2-3-11)12-4-5-25-20(12)34;;/h6,11,18,22,32H,2-5,7-9H2,1H3,(H,25,34)(H,28,33)(H,36,37);;/t18-,22-;;/m1../s1. The van der Waals surface area contributed by atoms with E-state index in [2.05, 4.69) is 25.7 Å². The number of fused-ring (bicyclic) bond motifs is 2. The van der Waals surface area contributed by atoms with Crippen molar-refractivity contribution in [3.05, 3.63) is 40.0 Å². The van der Waals surface area contributed by atoms with Gasteiger partial charge in [0.2, 0.25) is 11.8 Å². The predicted octanol–water partition coefficient (Wildman–Crippen LogP) is -0.666. The summed E-state index contributed by atoms with van der Waals surface area (Å²) in [4.78, 5) is 60.5. The molecule has 0 aromatic carbocycles. The minimum absolute atomic E-state index is 0. The van der Waals surface area contributed by atoms with E-state index in [0.29, 0.717) is 46.4 Å². The Hall–Kier alpha value is -2.43. The van der Waals surface area contributed by atoms with E-state index in [1.807, 2.05) is 0 Å². The number of nitrogens with zero attached hydrogens (tertiary/aromatic N) is 5. The first-order valence-corrected chi connectivity index (χ1v) is 14.5. The van der Waals surface area contributed by atoms with E-state index in [4.69, 9.17) is 0 Å². The summed E-state index contributed by atoms with van der Waals surface area (Å²) >= 11 is 2.58. The van der Waals surface area contributed by atoms with Crippen molar-refractivity contribution in [2.75, 3.05) is 18.1 Å². The molecule has 2 saturated heterocycles. The zero-order valence-corrected chi connectivity index (χ0v) is 22.5. The number of carboxylic acid groups (broad SMARTS) is 1. The Bertz CT molecular complexity index is 1500. The van der Waals surface area contributed by atoms with Crippen LogP contribution in [0.5, 0.6) is 0 Å². The molecule has 1 saturated carbocycles. The fourth-order valence-electron chi connectivity index (χ4n) is 5.17. The summed E-state index contributed by atoms with van der Waals surface area (Å²) in [6, 6.07) is 0.896. The summed E-state index contributed by atoms with van der Waals surface area (Å²) in [5, 5.41) is 29.2. The number of nitrogens with one attached hydrogen (secondary N) is 2. The van der Waals surface area contributed by atoms with Crippen LogP contribution in [0, 0.1) is 12.8 Å². The Kier molecular flexibility index (Phi) is 8.32. The molecule has 0 unspecified atom stereocenters. The SMILES string of the molecule is Cc1cc(SCC(=O)N[C@@H]2C(=O)N3C(C(=O)O)=C(C(=C4CCNC4=O)C4CC4)CS[C@H]23)n2nc(CO)nc2n1.[NaH]. The van der Waals surface area contributed by atoms with Crippen LogP contribution in [-0.4, -0.2) is 117 Å². The summed E-state index contributed by atoms with van der Waals surface area (Å²) in [6.45, 7) is 1.97. The number of β-lactam (4-membered cyclic amide) rings is 1. The van der Waals surface area contributed by atoms with Gasteiger partial charge in [0.25, 0.3) is 11.7 Å². The molecule has 2 atom stereocenters. The van der Waals surface area contributed by atoms with Gasteiger partial charge in [-0.15, -0.1) is 16.9 Å². The van der Waals surface area contributed by atoms with Gasteiger partial charge >= 0.3 is 35.5 Å². The molecule has 2 aromatic rings. The molecule has 0 radical (unpaired) electrons. The average Bonchev–Trinajstić information content (AvgIpc) is 3.52. The van der Waals surface area contributed by atoms with Gasteiger partial charge in [0.1, 0.15) is 28.7 Å². The number of aliphatic hydroxyl groups is 1. The zero-order chi connectivity index (χ0) is 27.4. The molecular formula is C24H26N7NaO6S2. The molecule has 13 nitrogen and oxygen atoms in total. The van der Waals surface area contributed by atoms with Crippen LogP contribution in [-0.2, 0) is 25.8 Å². The summed E-state index contributed by atoms with van der Waals surface area (Å²) in [6.07, 6.45) is 2.32. The third-order valence-electron chi connectivity index (χ3n) is 7.00. The van der Waals surface area contributed by atoms with Gasteiger partial charge in [0, 0.05) is 23.6 Å². The van der Waals surface area contributed by atoms with Crippen LogP contribution in [0.3, 0.4) is 0 Å². The number of aliphatic carboxylic acids is 1. The van der Waals surface area contributed by atoms with Crippen molar-refractivity contribution in [2.24, 2.45) is 5.92 Å². The van der Waals surface area contributed by atoms with Crippen LogP contribution in [0.15, 0.2) is 33.5 Å². The maximum atomic E-state index is 13.2. The second-order valence-corrected chi connectivity index (χ2v) is 11.8. The molecule has 0 spiro atoms. The molecule has 2 aromatic heterocycles. The summed E-state index contributed by atoms with van der Waals surface area (Å²) in [7, 11) is 0. The minimum atomic E-state index is -1.21. The predicted molar refractivity (Wildman–Crippen MR) is 146 cm³/mol. The van der Waals surface area contributed by atoms with Crippen molar-refractivity contribution in [1.82, 2.24) is 35.1 Å². The first kappa shape index (κ1) is 29.1. The van der Waals surface area contributed by atoms with Crippen molar-refractivity contribution in [2.45, 2.75) is 49.2 Å². The number of allylic oxidation sites excluding steroid dienone is 1. The van der Waals surface area contributed by atoms with Gasteiger partial charge < -0.3 is 20.8 Å². The molecule has 0 bridgehead atoms. The van der Waals surface area contributed by atoms with E-state index in [0.717, 1.165) is 18.4 Å². The number of hydrogen-bond acceptors (Lipinski definition) is 10. The Labute approximate surface area is 258 Å². The van der Waals surface area contributed by atoms with Gasteiger partial charge in [-0.05, 0) is 49.3 Å². The Morgan fingerprint density at radius 3 is 2.70 bits per heavy atom. The molecule has 4 N–H and O–H groups in total. The quantitative estimate of drug-likeness (QED) is 0.100. The van der Waals surface area contributed by atoms with E-state index in [1.165, 1.54) is 32.9 Å². The first-order valence-electron chi connectivity index (χ1n) is 12.5. The van der Waals surface area contributed by atoms with Crippen LogP contribution in [0.2, 0.25) is 0 Å². The second kappa shape index (κ2) is 11.4. The Balaban J connectivity index is 0.00000323. The summed E-state index contributed by atoms with van der Waals surface area (Å²) < 4.78 is 1.45. The molecule has 3 aliphatic heterocycles. The van der Waals surface area contributed by atoms with E-state index < -0.39 is 29.2 Å². The van der Waals surface area contributed by atoms with Crippen molar-refractivity contribution in [3.63, 3.8) is 0 Å². The number of thioether (sulfide) groups is 2. The van der Waals surface area contributed by atoms with Gasteiger partial charge in [-0.2, -0.15) is 9.50 Å². The normalized spacial score (nSPS) is 23.4. The number of aryl methyl sites for hydroxylation is 1. The molecule has 40 heavy (non-hydrogen) atoms. The Morgan fingerprint density at radius 2 is 2.05 bits per heavy atom. The van der Waals surface area contributed by atoms with Crippen molar-refractivity contribution < 1.29 is 29.4 Å². The van der Waals surface area contributed by atoms with Gasteiger partial charge in [0.15, 0.2) is 5.82 Å². The average molecular weight is 596 g/mol. The van der Waals surface area contributed by atoms with Crippen LogP contribution in [0.4, 0.5) is 0 Å². The monoisotopic (exact) mass is 595 g/mol. The third kappa shape index (κ3) is 5.18. The third-order valence-corrected chi connectivity index (χ3v) is 9.27. The van der Waals surface area contributed by atoms with E-state index in [9.17, 15) is 29.4 Å². The maximum absolute atomic E-state index is 13.2. The van der Waals surface area contributed by atoms with Crippen LogP contribution in [0.1, 0.15) is 30.8 Å². The molecule has 3 fully saturated rings. The number of carboxylic acids is 1. The topological polar surface area (TPSA) is 179 Å². The summed E-state index contributed by atoms with van der Waals surface area (Å²) in [5.41, 5.74) is 2.53. The second-order valence-electron chi connectivity index (χ2n) is 9.68. The molecule has 3 amide bonds. The summed E-state index contributed by atoms with van der Waals surface area (Å²) in [5.74, 6) is -1.28. The molecule has 4 aliphatic rings. The van der Waals surface area contributed by atoms with Crippen molar-refractivity contribution in [1.29, 1.82) is 0 Å². The number of hydrogen-bond donors (Lipinski definition) is 4. The van der Waals surface area contributed by atoms with E-state index in [1.54, 1.807) is 13.0 Å². The van der Waals surface area contributed by atoms with Crippen molar-refractivity contribution in [3.8, 4) is 0 Å². The molecule has 16 heteroatoms. The number of carbonyl (C=O) groups excluding carboxylic acids is 3. The molecule has 1 aliphatic carbocycles. The van der Waals surface area contributed by atoms with Crippen LogP contribution in [0.25, 0.3) is 5.78 Å². The molecule has 206 valence electrons. The molecular weight excluding hydrogens is 569 g/mol. The van der Waals surface area contributed by atoms with Gasteiger partial charge in [-0.3, -0.25) is 19.3 Å². The number of aromatic nitrogens is 4. The number of rotatable bonds is 8. The van der Waals surface area contributed by atoms with Crippen molar-refractivity contribution >= 4 is 82.5 Å². The zero-order valence-electron chi connectivity index (χ0n) is 20.8. The van der Waals surface area contributed by atoms with Gasteiger partial charge in [0.05, 0.1) is 5.75 Å². The van der Waals surface area contributed by atoms with Crippen LogP contribution < -0.4 is 10.6 Å². The van der Waals surface area contributed by atoms with E-state index >= 15 is 0 Å². The number of amides is 3. The molecule has 5 heterocycles. The first-order chi connectivity index (χ1) is 18.8. The molecule has 6 rings (SSSR count).